The minimum absolute atomic E-state index is 0.0162. The van der Waals surface area contributed by atoms with Crippen molar-refractivity contribution in [2.24, 2.45) is 0 Å². The molecule has 2 fully saturated rings. The third-order valence-corrected chi connectivity index (χ3v) is 2.00. The van der Waals surface area contributed by atoms with Gasteiger partial charge >= 0.3 is 0 Å². The van der Waals surface area contributed by atoms with E-state index in [1.54, 1.807) is 0 Å². The Kier molecular flexibility index (Phi) is 1.42. The van der Waals surface area contributed by atoms with Gasteiger partial charge in [0.25, 0.3) is 0 Å². The first-order valence-electron chi connectivity index (χ1n) is 3.39. The van der Waals surface area contributed by atoms with Gasteiger partial charge in [-0.25, -0.2) is 0 Å². The van der Waals surface area contributed by atoms with Gasteiger partial charge in [-0.1, -0.05) is 0 Å². The van der Waals surface area contributed by atoms with Crippen LogP contribution >= 0.6 is 0 Å². The molecule has 4 nitrogen and oxygen atoms in total. The van der Waals surface area contributed by atoms with Crippen LogP contribution in [0.1, 0.15) is 0 Å². The first-order chi connectivity index (χ1) is 4.86. The van der Waals surface area contributed by atoms with Crippen molar-refractivity contribution in [3.8, 4) is 0 Å². The lowest BCUT2D eigenvalue weighted by Gasteiger charge is -2.12. The van der Waals surface area contributed by atoms with E-state index in [2.05, 4.69) is 0 Å². The Balaban J connectivity index is 1.95. The van der Waals surface area contributed by atoms with Crippen LogP contribution in [0, 0.1) is 0 Å². The predicted molar refractivity (Wildman–Crippen MR) is 31.5 cm³/mol. The zero-order chi connectivity index (χ0) is 7.14. The van der Waals surface area contributed by atoms with E-state index >= 15 is 0 Å². The molecule has 0 aromatic carbocycles. The maximum absolute atomic E-state index is 8.69. The van der Waals surface area contributed by atoms with Crippen molar-refractivity contribution < 1.29 is 19.7 Å². The largest absolute Gasteiger partial charge is 0.394 e. The first-order valence-corrected chi connectivity index (χ1v) is 3.39. The molecule has 0 bridgehead atoms. The highest BCUT2D eigenvalue weighted by atomic mass is 16.7. The van der Waals surface area contributed by atoms with Gasteiger partial charge in [0, 0.05) is 0 Å². The summed E-state index contributed by atoms with van der Waals surface area (Å²) in [5.74, 6) is 0. The summed E-state index contributed by atoms with van der Waals surface area (Å²) in [6.07, 6.45) is -0.325. The zero-order valence-corrected chi connectivity index (χ0v) is 5.43. The summed E-state index contributed by atoms with van der Waals surface area (Å²) in [4.78, 5) is 0. The highest BCUT2D eigenvalue weighted by molar-refractivity contribution is 5.02. The summed E-state index contributed by atoms with van der Waals surface area (Å²) >= 11 is 0. The maximum Gasteiger partial charge on any atom is 0.115 e. The van der Waals surface area contributed by atoms with Crippen LogP contribution in [-0.2, 0) is 9.47 Å². The van der Waals surface area contributed by atoms with E-state index in [0.29, 0.717) is 0 Å². The third-order valence-electron chi connectivity index (χ3n) is 2.00. The minimum Gasteiger partial charge on any atom is -0.394 e. The second kappa shape index (κ2) is 2.17. The number of aliphatic hydroxyl groups excluding tert-OH is 2. The summed E-state index contributed by atoms with van der Waals surface area (Å²) in [5, 5.41) is 17.4. The molecular formula is C6H10O4. The molecule has 0 saturated carbocycles. The van der Waals surface area contributed by atoms with E-state index in [-0.39, 0.29) is 37.6 Å². The molecule has 2 saturated heterocycles. The second-order valence-electron chi connectivity index (χ2n) is 2.64. The average Bonchev–Trinajstić information content (AvgIpc) is 2.67. The third kappa shape index (κ3) is 0.769. The molecule has 0 aromatic rings. The normalized spacial score (nSPS) is 51.0. The Morgan fingerprint density at radius 2 is 1.40 bits per heavy atom. The fourth-order valence-electron chi connectivity index (χ4n) is 1.41. The van der Waals surface area contributed by atoms with Gasteiger partial charge in [-0.3, -0.25) is 0 Å². The Labute approximate surface area is 58.4 Å². The molecule has 0 unspecified atom stereocenters. The van der Waals surface area contributed by atoms with Crippen molar-refractivity contribution in [2.75, 3.05) is 13.2 Å². The van der Waals surface area contributed by atoms with E-state index in [4.69, 9.17) is 19.7 Å². The average molecular weight is 146 g/mol. The molecule has 2 rings (SSSR count). The molecule has 0 aromatic heterocycles. The van der Waals surface area contributed by atoms with E-state index in [1.165, 1.54) is 0 Å². The van der Waals surface area contributed by atoms with Crippen LogP contribution in [0.5, 0.6) is 0 Å². The molecule has 0 radical (unpaired) electrons. The molecule has 0 aliphatic carbocycles. The fraction of sp³-hybridized carbons (Fsp3) is 1.00. The van der Waals surface area contributed by atoms with Crippen molar-refractivity contribution in [3.05, 3.63) is 0 Å². The van der Waals surface area contributed by atoms with Gasteiger partial charge in [-0.15, -0.1) is 0 Å². The smallest absolute Gasteiger partial charge is 0.115 e. The lowest BCUT2D eigenvalue weighted by Crippen LogP contribution is -2.25. The lowest BCUT2D eigenvalue weighted by molar-refractivity contribution is -0.0694. The first kappa shape index (κ1) is 6.54. The van der Waals surface area contributed by atoms with Gasteiger partial charge in [-0.2, -0.15) is 0 Å². The molecule has 2 aliphatic heterocycles. The summed E-state index contributed by atoms with van der Waals surface area (Å²) in [7, 11) is 0. The van der Waals surface area contributed by atoms with Crippen LogP contribution < -0.4 is 0 Å². The van der Waals surface area contributed by atoms with Crippen molar-refractivity contribution in [3.63, 3.8) is 0 Å². The van der Waals surface area contributed by atoms with E-state index in [1.807, 2.05) is 0 Å². The van der Waals surface area contributed by atoms with E-state index in [9.17, 15) is 0 Å². The van der Waals surface area contributed by atoms with Crippen LogP contribution in [0.3, 0.4) is 0 Å². The molecule has 0 amide bonds. The van der Waals surface area contributed by atoms with Gasteiger partial charge < -0.3 is 19.7 Å². The summed E-state index contributed by atoms with van der Waals surface area (Å²) < 4.78 is 10.3. The van der Waals surface area contributed by atoms with Gasteiger partial charge in [-0.05, 0) is 0 Å². The summed E-state index contributed by atoms with van der Waals surface area (Å²) in [6.45, 7) is -0.0324. The predicted octanol–water partition coefficient (Wildman–Crippen LogP) is -1.49. The maximum atomic E-state index is 8.69. The molecule has 2 heterocycles. The van der Waals surface area contributed by atoms with Crippen LogP contribution in [0.4, 0.5) is 0 Å². The number of aliphatic hydroxyl groups is 2. The molecule has 0 spiro atoms. The molecule has 58 valence electrons. The summed E-state index contributed by atoms with van der Waals surface area (Å²) in [6, 6.07) is 0. The van der Waals surface area contributed by atoms with Gasteiger partial charge in [0.05, 0.1) is 13.2 Å². The van der Waals surface area contributed by atoms with Crippen molar-refractivity contribution in [1.82, 2.24) is 0 Å². The lowest BCUT2D eigenvalue weighted by atomic mass is 10.2. The molecule has 4 heteroatoms. The molecule has 10 heavy (non-hydrogen) atoms. The van der Waals surface area contributed by atoms with Gasteiger partial charge in [0.1, 0.15) is 24.4 Å². The number of epoxide rings is 1. The highest BCUT2D eigenvalue weighted by Crippen LogP contribution is 2.38. The number of hydrogen-bond donors (Lipinski definition) is 2. The molecule has 2 aliphatic rings. The Morgan fingerprint density at radius 1 is 0.900 bits per heavy atom. The monoisotopic (exact) mass is 146 g/mol. The zero-order valence-electron chi connectivity index (χ0n) is 5.43. The van der Waals surface area contributed by atoms with E-state index in [0.717, 1.165) is 0 Å². The minimum atomic E-state index is -0.206. The quantitative estimate of drug-likeness (QED) is 0.466. The molecular weight excluding hydrogens is 136 g/mol. The topological polar surface area (TPSA) is 62.2 Å². The second-order valence-corrected chi connectivity index (χ2v) is 2.64. The van der Waals surface area contributed by atoms with Crippen molar-refractivity contribution >= 4 is 0 Å². The molecule has 2 N–H and O–H groups in total. The summed E-state index contributed by atoms with van der Waals surface area (Å²) in [5.41, 5.74) is 0. The van der Waals surface area contributed by atoms with Crippen LogP contribution in [-0.4, -0.2) is 47.8 Å². The SMILES string of the molecule is OC[C@H]1O[C@H](CO)[C@H]2O[C@H]21. The van der Waals surface area contributed by atoms with Crippen molar-refractivity contribution in [1.29, 1.82) is 0 Å². The van der Waals surface area contributed by atoms with Crippen LogP contribution in [0.2, 0.25) is 0 Å². The van der Waals surface area contributed by atoms with Crippen LogP contribution in [0.25, 0.3) is 0 Å². The Bertz CT molecular complexity index is 124. The van der Waals surface area contributed by atoms with E-state index < -0.39 is 0 Å². The highest BCUT2D eigenvalue weighted by Gasteiger charge is 2.57. The Hall–Kier alpha value is -0.160. The standard InChI is InChI=1S/C6H10O4/c7-1-3-5-6(10-5)4(2-8)9-3/h3-8H,1-2H2/t3-,4-,5-,6+/m1/s1. The number of rotatable bonds is 2. The Morgan fingerprint density at radius 3 is 1.70 bits per heavy atom. The fourth-order valence-corrected chi connectivity index (χ4v) is 1.41. The van der Waals surface area contributed by atoms with Gasteiger partial charge in [0.15, 0.2) is 0 Å². The number of fused-ring (bicyclic) bond motifs is 1. The number of hydrogen-bond acceptors (Lipinski definition) is 4. The number of ether oxygens (including phenoxy) is 2. The molecule has 4 atom stereocenters. The van der Waals surface area contributed by atoms with Crippen molar-refractivity contribution in [2.45, 2.75) is 24.4 Å². The van der Waals surface area contributed by atoms with Gasteiger partial charge in [0.2, 0.25) is 0 Å². The van der Waals surface area contributed by atoms with Crippen LogP contribution in [0.15, 0.2) is 0 Å².